The van der Waals surface area contributed by atoms with Gasteiger partial charge in [-0.2, -0.15) is 22.4 Å². The summed E-state index contributed by atoms with van der Waals surface area (Å²) in [6.45, 7) is 2.65. The predicted octanol–water partition coefficient (Wildman–Crippen LogP) is 0.491. The monoisotopic (exact) mass is 352 g/mol. The van der Waals surface area contributed by atoms with Gasteiger partial charge in [-0.05, 0) is 13.8 Å². The third kappa shape index (κ3) is 3.64. The second-order valence-electron chi connectivity index (χ2n) is 5.20. The van der Waals surface area contributed by atoms with Gasteiger partial charge in [-0.15, -0.1) is 0 Å². The van der Waals surface area contributed by atoms with Crippen molar-refractivity contribution in [3.05, 3.63) is 23.7 Å². The van der Waals surface area contributed by atoms with E-state index in [1.165, 1.54) is 13.1 Å². The molecule has 12 heteroatoms. The molecule has 0 aromatic carbocycles. The van der Waals surface area contributed by atoms with Crippen LogP contribution in [-0.4, -0.2) is 41.7 Å². The number of hydrogen-bond acceptors (Lipinski definition) is 7. The predicted molar refractivity (Wildman–Crippen MR) is 78.1 cm³/mol. The van der Waals surface area contributed by atoms with Crippen LogP contribution in [0, 0.1) is 6.92 Å². The summed E-state index contributed by atoms with van der Waals surface area (Å²) in [5.41, 5.74) is 3.17. The number of guanidine groups is 1. The molecule has 0 spiro atoms. The van der Waals surface area contributed by atoms with E-state index < -0.39 is 27.4 Å². The molecule has 0 saturated heterocycles. The lowest BCUT2D eigenvalue weighted by Gasteiger charge is -2.30. The Hall–Kier alpha value is -2.08. The Kier molecular flexibility index (Phi) is 3.93. The number of aryl methyl sites for hydroxylation is 1. The van der Waals surface area contributed by atoms with Gasteiger partial charge in [-0.1, -0.05) is 0 Å². The lowest BCUT2D eigenvalue weighted by Crippen LogP contribution is -2.49. The largest absolute Gasteiger partial charge is 0.417 e. The standard InChI is InChI=1S/C11H15F3N6O2S/c1-6-7(5-20(19-6)23(3,21)22)17-9-16-4-8(11(12,13)14)10(2,15)18-9/h4-5H,15H2,1-3H3,(H2,16,17,18). The van der Waals surface area contributed by atoms with E-state index in [0.717, 1.165) is 17.3 Å². The average Bonchev–Trinajstić information content (AvgIpc) is 2.67. The normalized spacial score (nSPS) is 22.2. The molecule has 1 aromatic rings. The first-order valence-electron chi connectivity index (χ1n) is 6.27. The van der Waals surface area contributed by atoms with E-state index in [1.807, 2.05) is 0 Å². The Labute approximate surface area is 130 Å². The maximum absolute atomic E-state index is 12.8. The van der Waals surface area contributed by atoms with E-state index in [9.17, 15) is 21.6 Å². The molecule has 1 atom stereocenters. The van der Waals surface area contributed by atoms with Crippen molar-refractivity contribution in [2.45, 2.75) is 25.7 Å². The Bertz CT molecular complexity index is 791. The maximum Gasteiger partial charge on any atom is 0.417 e. The fourth-order valence-corrected chi connectivity index (χ4v) is 2.47. The maximum atomic E-state index is 12.8. The number of aliphatic imine (C=N–C) groups is 1. The van der Waals surface area contributed by atoms with Gasteiger partial charge in [0.15, 0.2) is 0 Å². The quantitative estimate of drug-likeness (QED) is 0.714. The summed E-state index contributed by atoms with van der Waals surface area (Å²) in [6, 6.07) is 0. The molecule has 2 rings (SSSR count). The zero-order chi connectivity index (χ0) is 17.6. The van der Waals surface area contributed by atoms with Gasteiger partial charge in [0.2, 0.25) is 5.96 Å². The summed E-state index contributed by atoms with van der Waals surface area (Å²) >= 11 is 0. The van der Waals surface area contributed by atoms with Crippen LogP contribution in [0.1, 0.15) is 12.6 Å². The number of nitrogens with one attached hydrogen (secondary N) is 2. The molecule has 0 fully saturated rings. The number of alkyl halides is 3. The molecule has 0 aliphatic carbocycles. The van der Waals surface area contributed by atoms with Gasteiger partial charge in [0.25, 0.3) is 10.0 Å². The van der Waals surface area contributed by atoms with Crippen molar-refractivity contribution in [1.29, 1.82) is 0 Å². The fraction of sp³-hybridized carbons (Fsp3) is 0.455. The van der Waals surface area contributed by atoms with Crippen LogP contribution in [0.4, 0.5) is 18.9 Å². The van der Waals surface area contributed by atoms with Gasteiger partial charge in [0.05, 0.1) is 29.4 Å². The Morgan fingerprint density at radius 2 is 2.04 bits per heavy atom. The molecule has 1 aliphatic rings. The zero-order valence-electron chi connectivity index (χ0n) is 12.4. The van der Waals surface area contributed by atoms with Crippen molar-refractivity contribution in [2.24, 2.45) is 10.7 Å². The van der Waals surface area contributed by atoms with Crippen molar-refractivity contribution in [1.82, 2.24) is 14.5 Å². The zero-order valence-corrected chi connectivity index (χ0v) is 13.2. The minimum atomic E-state index is -4.62. The highest BCUT2D eigenvalue weighted by atomic mass is 32.2. The van der Waals surface area contributed by atoms with Crippen LogP contribution in [0.3, 0.4) is 0 Å². The van der Waals surface area contributed by atoms with Crippen LogP contribution in [0.25, 0.3) is 0 Å². The number of halogens is 3. The number of nitrogens with zero attached hydrogens (tertiary/aromatic N) is 3. The van der Waals surface area contributed by atoms with Crippen molar-refractivity contribution >= 4 is 21.7 Å². The van der Waals surface area contributed by atoms with E-state index in [1.54, 1.807) is 0 Å². The number of nitrogens with two attached hydrogens (primary N) is 1. The van der Waals surface area contributed by atoms with Crippen molar-refractivity contribution in [3.63, 3.8) is 0 Å². The third-order valence-corrected chi connectivity index (χ3v) is 3.89. The highest BCUT2D eigenvalue weighted by Crippen LogP contribution is 2.34. The van der Waals surface area contributed by atoms with Crippen molar-refractivity contribution < 1.29 is 21.6 Å². The van der Waals surface area contributed by atoms with Gasteiger partial charge in [-0.3, -0.25) is 0 Å². The molecule has 2 heterocycles. The SMILES string of the molecule is Cc1nn(S(C)(=O)=O)cc1NC1=NC(C)(N)C(C(F)(F)F)=CN1. The first-order chi connectivity index (χ1) is 10.3. The molecule has 23 heavy (non-hydrogen) atoms. The number of aromatic nitrogens is 2. The summed E-state index contributed by atoms with van der Waals surface area (Å²) < 4.78 is 62.1. The molecule has 1 aliphatic heterocycles. The molecule has 1 aromatic heterocycles. The van der Waals surface area contributed by atoms with Gasteiger partial charge < -0.3 is 16.4 Å². The van der Waals surface area contributed by atoms with Gasteiger partial charge in [0.1, 0.15) is 5.66 Å². The Balaban J connectivity index is 2.27. The van der Waals surface area contributed by atoms with Gasteiger partial charge in [0, 0.05) is 6.20 Å². The van der Waals surface area contributed by atoms with Crippen LogP contribution >= 0.6 is 0 Å². The molecule has 0 saturated carbocycles. The minimum Gasteiger partial charge on any atom is -0.332 e. The summed E-state index contributed by atoms with van der Waals surface area (Å²) in [6.07, 6.45) is -1.76. The van der Waals surface area contributed by atoms with Crippen LogP contribution in [0.15, 0.2) is 23.0 Å². The van der Waals surface area contributed by atoms with Crippen LogP contribution in [-0.2, 0) is 10.0 Å². The lowest BCUT2D eigenvalue weighted by atomic mass is 10.0. The summed E-state index contributed by atoms with van der Waals surface area (Å²) in [5.74, 6) is -0.0563. The van der Waals surface area contributed by atoms with Crippen molar-refractivity contribution in [3.8, 4) is 0 Å². The van der Waals surface area contributed by atoms with E-state index in [0.29, 0.717) is 11.9 Å². The molecular weight excluding hydrogens is 337 g/mol. The van der Waals surface area contributed by atoms with E-state index in [2.05, 4.69) is 20.7 Å². The highest BCUT2D eigenvalue weighted by molar-refractivity contribution is 7.89. The third-order valence-electron chi connectivity index (χ3n) is 3.02. The fourth-order valence-electron chi connectivity index (χ4n) is 1.90. The number of anilines is 1. The molecule has 0 radical (unpaired) electrons. The Morgan fingerprint density at radius 3 is 2.48 bits per heavy atom. The van der Waals surface area contributed by atoms with E-state index >= 15 is 0 Å². The molecule has 128 valence electrons. The topological polar surface area (TPSA) is 114 Å². The Morgan fingerprint density at radius 1 is 1.43 bits per heavy atom. The second-order valence-corrected chi connectivity index (χ2v) is 7.04. The minimum absolute atomic E-state index is 0.0563. The molecular formula is C11H15F3N6O2S. The summed E-state index contributed by atoms with van der Waals surface area (Å²) in [7, 11) is -3.58. The first kappa shape index (κ1) is 17.3. The second kappa shape index (κ2) is 5.23. The summed E-state index contributed by atoms with van der Waals surface area (Å²) in [5, 5.41) is 8.81. The van der Waals surface area contributed by atoms with Crippen LogP contribution in [0.2, 0.25) is 0 Å². The molecule has 0 bridgehead atoms. The first-order valence-corrected chi connectivity index (χ1v) is 8.12. The molecule has 1 unspecified atom stereocenters. The smallest absolute Gasteiger partial charge is 0.332 e. The highest BCUT2D eigenvalue weighted by Gasteiger charge is 2.45. The molecule has 8 nitrogen and oxygen atoms in total. The number of hydrogen-bond donors (Lipinski definition) is 3. The number of rotatable bonds is 2. The van der Waals surface area contributed by atoms with Gasteiger partial charge >= 0.3 is 6.18 Å². The van der Waals surface area contributed by atoms with Gasteiger partial charge in [-0.25, -0.2) is 13.4 Å². The average molecular weight is 352 g/mol. The van der Waals surface area contributed by atoms with E-state index in [-0.39, 0.29) is 11.6 Å². The van der Waals surface area contributed by atoms with Crippen LogP contribution in [0.5, 0.6) is 0 Å². The summed E-state index contributed by atoms with van der Waals surface area (Å²) in [4.78, 5) is 3.77. The molecule has 4 N–H and O–H groups in total. The molecule has 0 amide bonds. The van der Waals surface area contributed by atoms with E-state index in [4.69, 9.17) is 5.73 Å². The lowest BCUT2D eigenvalue weighted by molar-refractivity contribution is -0.100. The van der Waals surface area contributed by atoms with Crippen molar-refractivity contribution in [2.75, 3.05) is 11.6 Å². The van der Waals surface area contributed by atoms with Crippen LogP contribution < -0.4 is 16.4 Å².